The van der Waals surface area contributed by atoms with E-state index in [-0.39, 0.29) is 5.82 Å². The van der Waals surface area contributed by atoms with Gasteiger partial charge in [0.2, 0.25) is 11.8 Å². The summed E-state index contributed by atoms with van der Waals surface area (Å²) in [4.78, 5) is 22.2. The molecule has 0 bridgehead atoms. The first-order chi connectivity index (χ1) is 15.7. The predicted octanol–water partition coefficient (Wildman–Crippen LogP) is 3.09. The van der Waals surface area contributed by atoms with Crippen LogP contribution in [0.5, 0.6) is 11.6 Å². The molecule has 3 heterocycles. The van der Waals surface area contributed by atoms with Gasteiger partial charge in [0.25, 0.3) is 0 Å². The summed E-state index contributed by atoms with van der Waals surface area (Å²) in [6.45, 7) is 6.69. The second kappa shape index (κ2) is 10.5. The molecule has 4 rings (SSSR count). The molecule has 1 aliphatic rings. The lowest BCUT2D eigenvalue weighted by atomic mass is 10.3. The van der Waals surface area contributed by atoms with E-state index in [0.717, 1.165) is 50.2 Å². The number of hydrogen-bond acceptors (Lipinski definition) is 6. The Hall–Kier alpha value is -3.75. The van der Waals surface area contributed by atoms with E-state index in [1.807, 2.05) is 12.1 Å². The summed E-state index contributed by atoms with van der Waals surface area (Å²) < 4.78 is 18.9. The van der Waals surface area contributed by atoms with Crippen molar-refractivity contribution < 1.29 is 9.13 Å². The van der Waals surface area contributed by atoms with E-state index >= 15 is 0 Å². The van der Waals surface area contributed by atoms with Gasteiger partial charge in [-0.1, -0.05) is 12.1 Å². The average molecular weight is 436 g/mol. The molecule has 0 spiro atoms. The third kappa shape index (κ3) is 5.69. The van der Waals surface area contributed by atoms with Crippen molar-refractivity contribution in [1.82, 2.24) is 25.2 Å². The number of piperazine rings is 1. The van der Waals surface area contributed by atoms with E-state index in [9.17, 15) is 4.39 Å². The average Bonchev–Trinajstić information content (AvgIpc) is 2.83. The lowest BCUT2D eigenvalue weighted by molar-refractivity contribution is 0.370. The van der Waals surface area contributed by atoms with E-state index in [1.54, 1.807) is 36.8 Å². The van der Waals surface area contributed by atoms with Crippen LogP contribution < -0.4 is 15.0 Å². The molecule has 1 N–H and O–H groups in total. The van der Waals surface area contributed by atoms with Crippen LogP contribution in [0.1, 0.15) is 12.5 Å². The van der Waals surface area contributed by atoms with E-state index < -0.39 is 0 Å². The van der Waals surface area contributed by atoms with Crippen LogP contribution in [-0.2, 0) is 6.54 Å². The smallest absolute Gasteiger partial charge is 0.225 e. The fourth-order valence-corrected chi connectivity index (χ4v) is 3.38. The molecule has 1 aromatic carbocycles. The number of nitrogens with zero attached hydrogens (tertiary/aromatic N) is 6. The summed E-state index contributed by atoms with van der Waals surface area (Å²) in [5.74, 6) is 2.12. The number of pyridine rings is 1. The van der Waals surface area contributed by atoms with E-state index in [2.05, 4.69) is 37.0 Å². The van der Waals surface area contributed by atoms with Crippen molar-refractivity contribution in [3.8, 4) is 11.6 Å². The van der Waals surface area contributed by atoms with Gasteiger partial charge < -0.3 is 19.9 Å². The highest BCUT2D eigenvalue weighted by Crippen LogP contribution is 2.20. The van der Waals surface area contributed by atoms with Crippen LogP contribution in [-0.4, -0.2) is 58.5 Å². The van der Waals surface area contributed by atoms with Crippen molar-refractivity contribution in [2.45, 2.75) is 13.5 Å². The van der Waals surface area contributed by atoms with Gasteiger partial charge in [-0.05, 0) is 30.7 Å². The zero-order valence-electron chi connectivity index (χ0n) is 18.0. The van der Waals surface area contributed by atoms with E-state index in [4.69, 9.17) is 9.73 Å². The minimum absolute atomic E-state index is 0.346. The Kier molecular flexibility index (Phi) is 7.06. The number of ether oxygens (including phenoxy) is 1. The molecule has 1 aliphatic heterocycles. The third-order valence-electron chi connectivity index (χ3n) is 4.98. The van der Waals surface area contributed by atoms with Crippen molar-refractivity contribution in [3.63, 3.8) is 0 Å². The van der Waals surface area contributed by atoms with Crippen LogP contribution in [0.3, 0.4) is 0 Å². The molecule has 0 amide bonds. The Balaban J connectivity index is 1.35. The molecule has 32 heavy (non-hydrogen) atoms. The van der Waals surface area contributed by atoms with Gasteiger partial charge in [-0.15, -0.1) is 0 Å². The maximum atomic E-state index is 13.3. The molecule has 2 aromatic heterocycles. The molecule has 1 fully saturated rings. The van der Waals surface area contributed by atoms with E-state index in [1.165, 1.54) is 12.1 Å². The number of anilines is 1. The lowest BCUT2D eigenvalue weighted by Crippen LogP contribution is -2.52. The second-order valence-corrected chi connectivity index (χ2v) is 7.26. The monoisotopic (exact) mass is 435 g/mol. The van der Waals surface area contributed by atoms with Crippen LogP contribution in [0, 0.1) is 5.82 Å². The number of halogens is 1. The lowest BCUT2D eigenvalue weighted by Gasteiger charge is -2.36. The van der Waals surface area contributed by atoms with Gasteiger partial charge in [-0.25, -0.2) is 24.3 Å². The number of hydrogen-bond donors (Lipinski definition) is 1. The molecule has 8 nitrogen and oxygen atoms in total. The number of benzene rings is 1. The maximum absolute atomic E-state index is 13.3. The van der Waals surface area contributed by atoms with Crippen molar-refractivity contribution in [1.29, 1.82) is 0 Å². The topological polar surface area (TPSA) is 78.8 Å². The SMILES string of the molecule is CCNC(=NCc1ccc(Oc2cccc(F)c2)nc1)N1CCN(c2ncccn2)CC1. The minimum atomic E-state index is -0.346. The number of aromatic nitrogens is 3. The van der Waals surface area contributed by atoms with Gasteiger partial charge in [-0.2, -0.15) is 0 Å². The molecule has 3 aromatic rings. The first kappa shape index (κ1) is 21.5. The standard InChI is InChI=1S/C23H26FN7O/c1-2-25-22(30-11-13-31(14-12-30)23-26-9-4-10-27-23)29-17-18-7-8-21(28-16-18)32-20-6-3-5-19(24)15-20/h3-10,15-16H,2,11-14,17H2,1H3,(H,25,29). The van der Waals surface area contributed by atoms with Crippen molar-refractivity contribution in [2.75, 3.05) is 37.6 Å². The zero-order chi connectivity index (χ0) is 22.2. The molecule has 0 unspecified atom stereocenters. The molecule has 0 aliphatic carbocycles. The number of guanidine groups is 1. The zero-order valence-corrected chi connectivity index (χ0v) is 18.0. The summed E-state index contributed by atoms with van der Waals surface area (Å²) in [7, 11) is 0. The van der Waals surface area contributed by atoms with Gasteiger partial charge in [0.15, 0.2) is 5.96 Å². The quantitative estimate of drug-likeness (QED) is 0.471. The number of nitrogens with one attached hydrogen (secondary N) is 1. The minimum Gasteiger partial charge on any atom is -0.439 e. The van der Waals surface area contributed by atoms with Crippen LogP contribution in [0.15, 0.2) is 66.0 Å². The predicted molar refractivity (Wildman–Crippen MR) is 121 cm³/mol. The highest BCUT2D eigenvalue weighted by molar-refractivity contribution is 5.80. The second-order valence-electron chi connectivity index (χ2n) is 7.26. The van der Waals surface area contributed by atoms with Crippen molar-refractivity contribution >= 4 is 11.9 Å². The summed E-state index contributed by atoms with van der Waals surface area (Å²) in [5, 5.41) is 3.37. The summed E-state index contributed by atoms with van der Waals surface area (Å²) in [6.07, 6.45) is 5.26. The molecule has 9 heteroatoms. The Labute approximate surface area is 186 Å². The van der Waals surface area contributed by atoms with Gasteiger partial charge in [0.1, 0.15) is 11.6 Å². The molecule has 0 radical (unpaired) electrons. The molecular formula is C23H26FN7O. The Bertz CT molecular complexity index is 1020. The van der Waals surface area contributed by atoms with Gasteiger partial charge >= 0.3 is 0 Å². The highest BCUT2D eigenvalue weighted by atomic mass is 19.1. The van der Waals surface area contributed by atoms with Crippen molar-refractivity contribution in [2.24, 2.45) is 4.99 Å². The van der Waals surface area contributed by atoms with Crippen LogP contribution >= 0.6 is 0 Å². The van der Waals surface area contributed by atoms with Gasteiger partial charge in [-0.3, -0.25) is 0 Å². The highest BCUT2D eigenvalue weighted by Gasteiger charge is 2.21. The van der Waals surface area contributed by atoms with Crippen LogP contribution in [0.2, 0.25) is 0 Å². The first-order valence-electron chi connectivity index (χ1n) is 10.6. The van der Waals surface area contributed by atoms with Crippen molar-refractivity contribution in [3.05, 3.63) is 72.4 Å². The third-order valence-corrected chi connectivity index (χ3v) is 4.98. The first-order valence-corrected chi connectivity index (χ1v) is 10.6. The fraction of sp³-hybridized carbons (Fsp3) is 0.304. The Morgan fingerprint density at radius 1 is 1.06 bits per heavy atom. The number of rotatable bonds is 6. The van der Waals surface area contributed by atoms with Gasteiger partial charge in [0.05, 0.1) is 6.54 Å². The molecule has 0 atom stereocenters. The molecular weight excluding hydrogens is 409 g/mol. The summed E-state index contributed by atoms with van der Waals surface area (Å²) in [5.41, 5.74) is 0.961. The van der Waals surface area contributed by atoms with Gasteiger partial charge in [0, 0.05) is 63.4 Å². The summed E-state index contributed by atoms with van der Waals surface area (Å²) in [6, 6.07) is 11.5. The Morgan fingerprint density at radius 2 is 1.88 bits per heavy atom. The largest absolute Gasteiger partial charge is 0.439 e. The van der Waals surface area contributed by atoms with Crippen LogP contribution in [0.25, 0.3) is 0 Å². The van der Waals surface area contributed by atoms with E-state index in [0.29, 0.717) is 18.2 Å². The summed E-state index contributed by atoms with van der Waals surface area (Å²) >= 11 is 0. The normalized spacial score (nSPS) is 14.4. The molecule has 0 saturated carbocycles. The molecule has 166 valence electrons. The van der Waals surface area contributed by atoms with Crippen LogP contribution in [0.4, 0.5) is 10.3 Å². The Morgan fingerprint density at radius 3 is 2.56 bits per heavy atom. The molecule has 1 saturated heterocycles. The fourth-order valence-electron chi connectivity index (χ4n) is 3.38. The number of aliphatic imine (C=N–C) groups is 1. The maximum Gasteiger partial charge on any atom is 0.225 e.